The maximum absolute atomic E-state index is 12.4. The molecule has 0 radical (unpaired) electrons. The molecule has 2 rings (SSSR count). The Balaban J connectivity index is 1.73. The van der Waals surface area contributed by atoms with Crippen molar-refractivity contribution in [1.82, 2.24) is 10.2 Å². The van der Waals surface area contributed by atoms with Crippen molar-refractivity contribution >= 4 is 12.0 Å². The number of ether oxygens (including phenoxy) is 2. The average Bonchev–Trinajstić information content (AvgIpc) is 2.70. The zero-order valence-corrected chi connectivity index (χ0v) is 16.6. The number of alkyl halides is 2. The van der Waals surface area contributed by atoms with Gasteiger partial charge in [0.2, 0.25) is 5.91 Å². The third kappa shape index (κ3) is 8.31. The Bertz CT molecular complexity index is 798. The molecule has 0 aliphatic carbocycles. The zero-order valence-electron chi connectivity index (χ0n) is 16.6. The van der Waals surface area contributed by atoms with Crippen molar-refractivity contribution in [3.63, 3.8) is 0 Å². The summed E-state index contributed by atoms with van der Waals surface area (Å²) in [6, 6.07) is 14.7. The first kappa shape index (κ1) is 22.4. The lowest BCUT2D eigenvalue weighted by Gasteiger charge is -2.16. The molecule has 0 fully saturated rings. The third-order valence-corrected chi connectivity index (χ3v) is 4.14. The van der Waals surface area contributed by atoms with Crippen LogP contribution in [0.25, 0.3) is 6.08 Å². The van der Waals surface area contributed by atoms with Crippen molar-refractivity contribution in [2.45, 2.75) is 19.6 Å². The second-order valence-corrected chi connectivity index (χ2v) is 6.49. The first-order chi connectivity index (χ1) is 14.0. The Hall–Kier alpha value is -2.93. The molecular weight excluding hydrogens is 378 g/mol. The average molecular weight is 404 g/mol. The van der Waals surface area contributed by atoms with Gasteiger partial charge in [0.1, 0.15) is 0 Å². The molecular formula is C22H26F2N2O3. The van der Waals surface area contributed by atoms with Crippen LogP contribution in [0.4, 0.5) is 8.78 Å². The number of carbonyl (C=O) groups excluding carboxylic acids is 1. The van der Waals surface area contributed by atoms with Crippen LogP contribution in [0.1, 0.15) is 17.5 Å². The first-order valence-corrected chi connectivity index (χ1v) is 9.29. The van der Waals surface area contributed by atoms with Crippen LogP contribution in [0.2, 0.25) is 0 Å². The molecule has 156 valence electrons. The van der Waals surface area contributed by atoms with E-state index in [0.717, 1.165) is 19.5 Å². The topological polar surface area (TPSA) is 50.8 Å². The van der Waals surface area contributed by atoms with E-state index in [4.69, 9.17) is 4.74 Å². The molecule has 5 nitrogen and oxygen atoms in total. The Morgan fingerprint density at radius 2 is 1.93 bits per heavy atom. The molecule has 0 unspecified atom stereocenters. The van der Waals surface area contributed by atoms with E-state index in [-0.39, 0.29) is 17.4 Å². The minimum atomic E-state index is -2.93. The SMILES string of the molecule is COc1cc(/C=C/C(=O)NCCCN(C)Cc2ccccc2)ccc1OC(F)F. The number of rotatable bonds is 11. The van der Waals surface area contributed by atoms with Crippen molar-refractivity contribution < 1.29 is 23.0 Å². The summed E-state index contributed by atoms with van der Waals surface area (Å²) in [7, 11) is 3.41. The van der Waals surface area contributed by atoms with Crippen molar-refractivity contribution in [2.24, 2.45) is 0 Å². The molecule has 0 aliphatic rings. The summed E-state index contributed by atoms with van der Waals surface area (Å²) in [6.45, 7) is -0.640. The summed E-state index contributed by atoms with van der Waals surface area (Å²) in [6.07, 6.45) is 3.82. The molecule has 0 aromatic heterocycles. The largest absolute Gasteiger partial charge is 0.493 e. The number of carbonyl (C=O) groups is 1. The lowest BCUT2D eigenvalue weighted by molar-refractivity contribution is -0.116. The number of hydrogen-bond acceptors (Lipinski definition) is 4. The van der Waals surface area contributed by atoms with E-state index >= 15 is 0 Å². The van der Waals surface area contributed by atoms with Crippen molar-refractivity contribution in [3.05, 3.63) is 65.7 Å². The van der Waals surface area contributed by atoms with Crippen molar-refractivity contribution in [2.75, 3.05) is 27.2 Å². The lowest BCUT2D eigenvalue weighted by atomic mass is 10.2. The smallest absolute Gasteiger partial charge is 0.387 e. The number of nitrogens with one attached hydrogen (secondary N) is 1. The quantitative estimate of drug-likeness (QED) is 0.455. The molecule has 1 N–H and O–H groups in total. The molecule has 0 atom stereocenters. The number of hydrogen-bond donors (Lipinski definition) is 1. The summed E-state index contributed by atoms with van der Waals surface area (Å²) in [5.41, 5.74) is 1.89. The van der Waals surface area contributed by atoms with E-state index in [1.165, 1.54) is 30.9 Å². The molecule has 7 heteroatoms. The van der Waals surface area contributed by atoms with Crippen LogP contribution in [0.5, 0.6) is 11.5 Å². The van der Waals surface area contributed by atoms with Gasteiger partial charge in [-0.15, -0.1) is 0 Å². The summed E-state index contributed by atoms with van der Waals surface area (Å²) < 4.78 is 34.1. The molecule has 0 saturated carbocycles. The van der Waals surface area contributed by atoms with Gasteiger partial charge in [-0.1, -0.05) is 36.4 Å². The Labute approximate surface area is 169 Å². The van der Waals surface area contributed by atoms with Gasteiger partial charge in [-0.05, 0) is 49.3 Å². The minimum absolute atomic E-state index is 0.0521. The predicted octanol–water partition coefficient (Wildman–Crippen LogP) is 3.95. The van der Waals surface area contributed by atoms with Gasteiger partial charge in [0.05, 0.1) is 7.11 Å². The van der Waals surface area contributed by atoms with E-state index in [9.17, 15) is 13.6 Å². The maximum Gasteiger partial charge on any atom is 0.387 e. The highest BCUT2D eigenvalue weighted by Gasteiger charge is 2.10. The number of halogens is 2. The van der Waals surface area contributed by atoms with E-state index in [1.54, 1.807) is 12.1 Å². The highest BCUT2D eigenvalue weighted by atomic mass is 19.3. The van der Waals surface area contributed by atoms with Crippen molar-refractivity contribution in [1.29, 1.82) is 0 Å². The van der Waals surface area contributed by atoms with E-state index in [1.807, 2.05) is 25.2 Å². The fourth-order valence-electron chi connectivity index (χ4n) is 2.75. The summed E-state index contributed by atoms with van der Waals surface area (Å²) in [4.78, 5) is 14.2. The van der Waals surface area contributed by atoms with Crippen LogP contribution in [0.3, 0.4) is 0 Å². The van der Waals surface area contributed by atoms with Gasteiger partial charge in [0.25, 0.3) is 0 Å². The van der Waals surface area contributed by atoms with Crippen LogP contribution < -0.4 is 14.8 Å². The Kier molecular flexibility index (Phi) is 9.11. The first-order valence-electron chi connectivity index (χ1n) is 9.29. The number of benzene rings is 2. The van der Waals surface area contributed by atoms with Gasteiger partial charge < -0.3 is 19.7 Å². The van der Waals surface area contributed by atoms with Crippen LogP contribution in [0.15, 0.2) is 54.6 Å². The standard InChI is InChI=1S/C22H26F2N2O3/c1-26(16-18-7-4-3-5-8-18)14-6-13-25-21(27)12-10-17-9-11-19(29-22(23)24)20(15-17)28-2/h3-5,7-12,15,22H,6,13-14,16H2,1-2H3,(H,25,27)/b12-10+. The summed E-state index contributed by atoms with van der Waals surface area (Å²) >= 11 is 0. The molecule has 29 heavy (non-hydrogen) atoms. The second kappa shape index (κ2) is 11.8. The Morgan fingerprint density at radius 3 is 2.62 bits per heavy atom. The number of amides is 1. The van der Waals surface area contributed by atoms with Gasteiger partial charge in [-0.3, -0.25) is 4.79 Å². The van der Waals surface area contributed by atoms with Gasteiger partial charge in [0, 0.05) is 19.2 Å². The normalized spacial score (nSPS) is 11.2. The van der Waals surface area contributed by atoms with E-state index in [2.05, 4.69) is 27.1 Å². The van der Waals surface area contributed by atoms with Crippen LogP contribution >= 0.6 is 0 Å². The zero-order chi connectivity index (χ0) is 21.1. The maximum atomic E-state index is 12.4. The second-order valence-electron chi connectivity index (χ2n) is 6.49. The van der Waals surface area contributed by atoms with Gasteiger partial charge in [-0.25, -0.2) is 0 Å². The number of nitrogens with zero attached hydrogens (tertiary/aromatic N) is 1. The van der Waals surface area contributed by atoms with Crippen LogP contribution in [-0.2, 0) is 11.3 Å². The third-order valence-electron chi connectivity index (χ3n) is 4.14. The van der Waals surface area contributed by atoms with Gasteiger partial charge in [-0.2, -0.15) is 8.78 Å². The van der Waals surface area contributed by atoms with Gasteiger partial charge >= 0.3 is 6.61 Å². The fourth-order valence-corrected chi connectivity index (χ4v) is 2.75. The molecule has 1 amide bonds. The molecule has 0 heterocycles. The van der Waals surface area contributed by atoms with Gasteiger partial charge in [0.15, 0.2) is 11.5 Å². The monoisotopic (exact) mass is 404 g/mol. The van der Waals surface area contributed by atoms with E-state index in [0.29, 0.717) is 12.1 Å². The van der Waals surface area contributed by atoms with Crippen LogP contribution in [0, 0.1) is 0 Å². The number of methoxy groups -OCH3 is 1. The highest BCUT2D eigenvalue weighted by molar-refractivity contribution is 5.91. The Morgan fingerprint density at radius 1 is 1.17 bits per heavy atom. The van der Waals surface area contributed by atoms with Crippen LogP contribution in [-0.4, -0.2) is 44.7 Å². The molecule has 2 aromatic rings. The predicted molar refractivity (Wildman–Crippen MR) is 109 cm³/mol. The highest BCUT2D eigenvalue weighted by Crippen LogP contribution is 2.29. The summed E-state index contributed by atoms with van der Waals surface area (Å²) in [5.74, 6) is -0.0966. The van der Waals surface area contributed by atoms with Crippen molar-refractivity contribution in [3.8, 4) is 11.5 Å². The molecule has 0 aliphatic heterocycles. The van der Waals surface area contributed by atoms with E-state index < -0.39 is 6.61 Å². The molecule has 0 spiro atoms. The molecule has 0 bridgehead atoms. The molecule has 0 saturated heterocycles. The molecule has 2 aromatic carbocycles. The lowest BCUT2D eigenvalue weighted by Crippen LogP contribution is -2.26. The minimum Gasteiger partial charge on any atom is -0.493 e. The fraction of sp³-hybridized carbons (Fsp3) is 0.318. The summed E-state index contributed by atoms with van der Waals surface area (Å²) in [5, 5.41) is 2.83.